The molecule has 3 N–H and O–H groups in total. The van der Waals surface area contributed by atoms with Gasteiger partial charge in [-0.05, 0) is 19.3 Å². The van der Waals surface area contributed by atoms with Crippen molar-refractivity contribution in [1.82, 2.24) is 19.8 Å². The van der Waals surface area contributed by atoms with Crippen molar-refractivity contribution in [3.63, 3.8) is 0 Å². The van der Waals surface area contributed by atoms with Crippen molar-refractivity contribution in [3.8, 4) is 0 Å². The van der Waals surface area contributed by atoms with E-state index in [4.69, 9.17) is 5.73 Å². The summed E-state index contributed by atoms with van der Waals surface area (Å²) in [6.45, 7) is 1.94. The van der Waals surface area contributed by atoms with Gasteiger partial charge in [0.1, 0.15) is 5.82 Å². The van der Waals surface area contributed by atoms with E-state index in [1.165, 1.54) is 0 Å². The molecule has 7 heteroatoms. The quantitative estimate of drug-likeness (QED) is 0.809. The first kappa shape index (κ1) is 13.9. The van der Waals surface area contributed by atoms with E-state index in [1.54, 1.807) is 11.1 Å². The van der Waals surface area contributed by atoms with Gasteiger partial charge < -0.3 is 20.5 Å². The van der Waals surface area contributed by atoms with Crippen molar-refractivity contribution in [3.05, 3.63) is 18.2 Å². The second-order valence-electron chi connectivity index (χ2n) is 5.84. The topological polar surface area (TPSA) is 93.2 Å². The molecular weight excluding hydrogens is 270 g/mol. The van der Waals surface area contributed by atoms with Crippen molar-refractivity contribution < 1.29 is 9.59 Å². The lowest BCUT2D eigenvalue weighted by molar-refractivity contribution is -0.127. The van der Waals surface area contributed by atoms with Gasteiger partial charge in [0.05, 0.1) is 0 Å². The summed E-state index contributed by atoms with van der Waals surface area (Å²) in [5.41, 5.74) is 5.25. The number of amides is 3. The Morgan fingerprint density at radius 2 is 2.05 bits per heavy atom. The molecule has 0 saturated carbocycles. The average molecular weight is 291 g/mol. The SMILES string of the molecule is NC(=O)N1CCC(C(=O)N[C@H]2CCc3nccn3C2)CC1. The molecule has 2 aliphatic rings. The van der Waals surface area contributed by atoms with Gasteiger partial charge in [0.2, 0.25) is 5.91 Å². The van der Waals surface area contributed by atoms with Crippen LogP contribution < -0.4 is 11.1 Å². The minimum Gasteiger partial charge on any atom is -0.351 e. The summed E-state index contributed by atoms with van der Waals surface area (Å²) in [4.78, 5) is 29.3. The number of hydrogen-bond donors (Lipinski definition) is 2. The fourth-order valence-corrected chi connectivity index (χ4v) is 3.17. The number of fused-ring (bicyclic) bond motifs is 1. The van der Waals surface area contributed by atoms with Crippen LogP contribution in [0.5, 0.6) is 0 Å². The standard InChI is InChI=1S/C14H21N5O2/c15-14(21)18-6-3-10(4-7-18)13(20)17-11-1-2-12-16-5-8-19(12)9-11/h5,8,10-11H,1-4,6-7,9H2,(H2,15,21)(H,17,20)/t11-/m0/s1. The van der Waals surface area contributed by atoms with Crippen molar-refractivity contribution in [2.75, 3.05) is 13.1 Å². The second-order valence-corrected chi connectivity index (χ2v) is 5.84. The number of piperidine rings is 1. The number of carbonyl (C=O) groups excluding carboxylic acids is 2. The fraction of sp³-hybridized carbons (Fsp3) is 0.643. The molecule has 1 saturated heterocycles. The number of aryl methyl sites for hydroxylation is 1. The lowest BCUT2D eigenvalue weighted by atomic mass is 9.95. The summed E-state index contributed by atoms with van der Waals surface area (Å²) >= 11 is 0. The third kappa shape index (κ3) is 3.01. The van der Waals surface area contributed by atoms with E-state index in [1.807, 2.05) is 6.20 Å². The second kappa shape index (κ2) is 5.75. The smallest absolute Gasteiger partial charge is 0.314 e. The maximum absolute atomic E-state index is 12.3. The first-order valence-electron chi connectivity index (χ1n) is 7.48. The van der Waals surface area contributed by atoms with Crippen molar-refractivity contribution in [1.29, 1.82) is 0 Å². The van der Waals surface area contributed by atoms with Crippen LogP contribution in [0.4, 0.5) is 4.79 Å². The summed E-state index contributed by atoms with van der Waals surface area (Å²) in [6, 6.07) is -0.220. The molecule has 1 fully saturated rings. The van der Waals surface area contributed by atoms with E-state index in [2.05, 4.69) is 14.9 Å². The minimum absolute atomic E-state index is 0.00946. The van der Waals surface area contributed by atoms with Crippen LogP contribution in [0.25, 0.3) is 0 Å². The maximum atomic E-state index is 12.3. The summed E-state index contributed by atoms with van der Waals surface area (Å²) < 4.78 is 2.10. The van der Waals surface area contributed by atoms with E-state index < -0.39 is 6.03 Å². The molecule has 3 amide bonds. The Hall–Kier alpha value is -2.05. The van der Waals surface area contributed by atoms with Crippen LogP contribution in [0.3, 0.4) is 0 Å². The molecule has 3 rings (SSSR count). The predicted molar refractivity (Wildman–Crippen MR) is 76.4 cm³/mol. The van der Waals surface area contributed by atoms with Gasteiger partial charge in [-0.25, -0.2) is 9.78 Å². The zero-order chi connectivity index (χ0) is 14.8. The van der Waals surface area contributed by atoms with Crippen molar-refractivity contribution in [2.45, 2.75) is 38.3 Å². The number of nitrogens with one attached hydrogen (secondary N) is 1. The molecule has 114 valence electrons. The van der Waals surface area contributed by atoms with E-state index in [0.29, 0.717) is 25.9 Å². The largest absolute Gasteiger partial charge is 0.351 e. The number of nitrogens with zero attached hydrogens (tertiary/aromatic N) is 3. The fourth-order valence-electron chi connectivity index (χ4n) is 3.17. The lowest BCUT2D eigenvalue weighted by Crippen LogP contribution is -2.48. The normalized spacial score (nSPS) is 22.7. The number of imidazole rings is 1. The molecule has 2 aliphatic heterocycles. The van der Waals surface area contributed by atoms with Crippen molar-refractivity contribution in [2.24, 2.45) is 11.7 Å². The van der Waals surface area contributed by atoms with E-state index in [-0.39, 0.29) is 17.9 Å². The highest BCUT2D eigenvalue weighted by atomic mass is 16.2. The van der Waals surface area contributed by atoms with Gasteiger partial charge in [0.15, 0.2) is 0 Å². The van der Waals surface area contributed by atoms with E-state index in [9.17, 15) is 9.59 Å². The molecule has 0 aromatic carbocycles. The molecule has 7 nitrogen and oxygen atoms in total. The van der Waals surface area contributed by atoms with Crippen LogP contribution in [-0.4, -0.2) is 45.5 Å². The lowest BCUT2D eigenvalue weighted by Gasteiger charge is -2.32. The molecule has 0 radical (unpaired) electrons. The van der Waals surface area contributed by atoms with Gasteiger partial charge in [-0.15, -0.1) is 0 Å². The van der Waals surface area contributed by atoms with Gasteiger partial charge in [-0.2, -0.15) is 0 Å². The highest BCUT2D eigenvalue weighted by Crippen LogP contribution is 2.19. The summed E-state index contributed by atoms with van der Waals surface area (Å²) in [5, 5.41) is 3.14. The molecular formula is C14H21N5O2. The van der Waals surface area contributed by atoms with Crippen LogP contribution in [-0.2, 0) is 17.8 Å². The zero-order valence-corrected chi connectivity index (χ0v) is 12.0. The predicted octanol–water partition coefficient (Wildman–Crippen LogP) is 0.105. The van der Waals surface area contributed by atoms with Crippen LogP contribution in [0.1, 0.15) is 25.1 Å². The van der Waals surface area contributed by atoms with Gasteiger partial charge in [-0.3, -0.25) is 4.79 Å². The van der Waals surface area contributed by atoms with Gasteiger partial charge >= 0.3 is 6.03 Å². The summed E-state index contributed by atoms with van der Waals surface area (Å²) in [5.74, 6) is 1.19. The number of nitrogens with two attached hydrogens (primary N) is 1. The number of aromatic nitrogens is 2. The molecule has 0 aliphatic carbocycles. The van der Waals surface area contributed by atoms with Crippen LogP contribution >= 0.6 is 0 Å². The van der Waals surface area contributed by atoms with Gasteiger partial charge in [-0.1, -0.05) is 0 Å². The third-order valence-corrected chi connectivity index (χ3v) is 4.46. The Balaban J connectivity index is 1.50. The highest BCUT2D eigenvalue weighted by molar-refractivity contribution is 5.79. The Bertz CT molecular complexity index is 533. The van der Waals surface area contributed by atoms with Gasteiger partial charge in [0, 0.05) is 50.4 Å². The first-order valence-corrected chi connectivity index (χ1v) is 7.48. The number of primary amides is 1. The molecule has 0 bridgehead atoms. The summed E-state index contributed by atoms with van der Waals surface area (Å²) in [6.07, 6.45) is 6.98. The number of rotatable bonds is 2. The van der Waals surface area contributed by atoms with Crippen molar-refractivity contribution >= 4 is 11.9 Å². The minimum atomic E-state index is -0.395. The molecule has 21 heavy (non-hydrogen) atoms. The number of likely N-dealkylation sites (tertiary alicyclic amines) is 1. The van der Waals surface area contributed by atoms with E-state index in [0.717, 1.165) is 25.2 Å². The zero-order valence-electron chi connectivity index (χ0n) is 12.0. The average Bonchev–Trinajstić information content (AvgIpc) is 2.95. The van der Waals surface area contributed by atoms with Gasteiger partial charge in [0.25, 0.3) is 0 Å². The van der Waals surface area contributed by atoms with Crippen LogP contribution in [0.15, 0.2) is 12.4 Å². The number of carbonyl (C=O) groups is 2. The molecule has 0 spiro atoms. The first-order chi connectivity index (χ1) is 10.1. The number of hydrogen-bond acceptors (Lipinski definition) is 3. The van der Waals surface area contributed by atoms with E-state index >= 15 is 0 Å². The highest BCUT2D eigenvalue weighted by Gasteiger charge is 2.28. The molecule has 0 unspecified atom stereocenters. The monoisotopic (exact) mass is 291 g/mol. The van der Waals surface area contributed by atoms with Crippen LogP contribution in [0, 0.1) is 5.92 Å². The third-order valence-electron chi connectivity index (χ3n) is 4.46. The summed E-state index contributed by atoms with van der Waals surface area (Å²) in [7, 11) is 0. The molecule has 1 atom stereocenters. The number of urea groups is 1. The Kier molecular flexibility index (Phi) is 3.81. The van der Waals surface area contributed by atoms with Crippen LogP contribution in [0.2, 0.25) is 0 Å². The Labute approximate surface area is 123 Å². The maximum Gasteiger partial charge on any atom is 0.314 e. The molecule has 3 heterocycles. The Morgan fingerprint density at radius 3 is 2.76 bits per heavy atom. The molecule has 1 aromatic heterocycles. The Morgan fingerprint density at radius 1 is 1.29 bits per heavy atom. The molecule has 1 aromatic rings.